The van der Waals surface area contributed by atoms with E-state index in [1.807, 2.05) is 0 Å². The van der Waals surface area contributed by atoms with Crippen LogP contribution in [-0.4, -0.2) is 22.0 Å². The molecule has 0 aliphatic carbocycles. The first-order chi connectivity index (χ1) is 9.58. The van der Waals surface area contributed by atoms with Gasteiger partial charge in [-0.15, -0.1) is 0 Å². The molecule has 0 fully saturated rings. The van der Waals surface area contributed by atoms with E-state index in [1.165, 1.54) is 12.3 Å². The molecule has 6 nitrogen and oxygen atoms in total. The number of primary amides is 1. The Hall–Kier alpha value is -2.89. The first kappa shape index (κ1) is 13.5. The number of carboxylic acids is 1. The summed E-state index contributed by atoms with van der Waals surface area (Å²) >= 11 is 0. The lowest BCUT2D eigenvalue weighted by atomic mass is 10.1. The maximum atomic E-state index is 11.3. The summed E-state index contributed by atoms with van der Waals surface area (Å²) in [7, 11) is 0. The number of nitrogens with zero attached hydrogens (tertiary/aromatic N) is 1. The highest BCUT2D eigenvalue weighted by Crippen LogP contribution is 2.26. The van der Waals surface area contributed by atoms with Gasteiger partial charge in [-0.3, -0.25) is 9.59 Å². The zero-order chi connectivity index (χ0) is 14.5. The summed E-state index contributed by atoms with van der Waals surface area (Å²) in [6, 6.07) is 9.71. The molecule has 3 N–H and O–H groups in total. The first-order valence-corrected chi connectivity index (χ1v) is 5.80. The number of nitrogens with two attached hydrogens (primary N) is 1. The third kappa shape index (κ3) is 3.11. The molecule has 1 heterocycles. The molecule has 2 aromatic rings. The van der Waals surface area contributed by atoms with Crippen molar-refractivity contribution in [2.75, 3.05) is 0 Å². The van der Waals surface area contributed by atoms with Crippen molar-refractivity contribution < 1.29 is 19.4 Å². The number of aromatic nitrogens is 1. The lowest BCUT2D eigenvalue weighted by Gasteiger charge is -2.10. The van der Waals surface area contributed by atoms with Crippen molar-refractivity contribution in [3.63, 3.8) is 0 Å². The fourth-order valence-corrected chi connectivity index (χ4v) is 1.68. The van der Waals surface area contributed by atoms with Gasteiger partial charge in [-0.05, 0) is 18.2 Å². The van der Waals surface area contributed by atoms with Gasteiger partial charge in [0.1, 0.15) is 11.3 Å². The molecular weight excluding hydrogens is 260 g/mol. The van der Waals surface area contributed by atoms with Crippen LogP contribution in [0.5, 0.6) is 11.6 Å². The van der Waals surface area contributed by atoms with Crippen LogP contribution in [0.4, 0.5) is 0 Å². The van der Waals surface area contributed by atoms with Crippen LogP contribution in [0.3, 0.4) is 0 Å². The Kier molecular flexibility index (Phi) is 3.95. The molecule has 20 heavy (non-hydrogen) atoms. The smallest absolute Gasteiger partial charge is 0.307 e. The Labute approximate surface area is 114 Å². The predicted molar refractivity (Wildman–Crippen MR) is 70.6 cm³/mol. The normalized spacial score (nSPS) is 10.0. The van der Waals surface area contributed by atoms with E-state index in [9.17, 15) is 9.59 Å². The number of rotatable bonds is 5. The Morgan fingerprint density at radius 2 is 1.95 bits per heavy atom. The van der Waals surface area contributed by atoms with Gasteiger partial charge in [0.15, 0.2) is 0 Å². The van der Waals surface area contributed by atoms with Gasteiger partial charge in [0.25, 0.3) is 5.91 Å². The van der Waals surface area contributed by atoms with Crippen LogP contribution >= 0.6 is 0 Å². The van der Waals surface area contributed by atoms with Crippen molar-refractivity contribution in [1.29, 1.82) is 0 Å². The van der Waals surface area contributed by atoms with Gasteiger partial charge >= 0.3 is 5.97 Å². The summed E-state index contributed by atoms with van der Waals surface area (Å²) in [6.45, 7) is 0. The number of aliphatic carboxylic acids is 1. The molecule has 1 amide bonds. The number of hydrogen-bond acceptors (Lipinski definition) is 4. The second-order valence-electron chi connectivity index (χ2n) is 4.00. The molecule has 0 saturated heterocycles. The summed E-state index contributed by atoms with van der Waals surface area (Å²) in [5, 5.41) is 8.85. The number of pyridine rings is 1. The van der Waals surface area contributed by atoms with Crippen molar-refractivity contribution in [2.24, 2.45) is 5.73 Å². The lowest BCUT2D eigenvalue weighted by Crippen LogP contribution is -2.13. The summed E-state index contributed by atoms with van der Waals surface area (Å²) in [5.41, 5.74) is 5.86. The average Bonchev–Trinajstić information content (AvgIpc) is 2.41. The third-order valence-electron chi connectivity index (χ3n) is 2.56. The van der Waals surface area contributed by atoms with Gasteiger partial charge < -0.3 is 15.6 Å². The molecule has 0 aliphatic rings. The van der Waals surface area contributed by atoms with E-state index in [0.717, 1.165) is 0 Å². The van der Waals surface area contributed by atoms with Crippen molar-refractivity contribution in [3.8, 4) is 11.6 Å². The van der Waals surface area contributed by atoms with E-state index < -0.39 is 11.9 Å². The molecular formula is C14H12N2O4. The van der Waals surface area contributed by atoms with Crippen molar-refractivity contribution >= 4 is 11.9 Å². The number of carbonyl (C=O) groups is 2. The highest BCUT2D eigenvalue weighted by Gasteiger charge is 2.14. The maximum Gasteiger partial charge on any atom is 0.307 e. The number of benzene rings is 1. The van der Waals surface area contributed by atoms with Crippen LogP contribution < -0.4 is 10.5 Å². The summed E-state index contributed by atoms with van der Waals surface area (Å²) in [4.78, 5) is 26.0. The van der Waals surface area contributed by atoms with Crippen LogP contribution in [-0.2, 0) is 11.2 Å². The quantitative estimate of drug-likeness (QED) is 0.860. The van der Waals surface area contributed by atoms with E-state index in [1.54, 1.807) is 30.3 Å². The number of para-hydroxylation sites is 1. The highest BCUT2D eigenvalue weighted by molar-refractivity contribution is 5.95. The number of amides is 1. The van der Waals surface area contributed by atoms with Gasteiger partial charge in [0.05, 0.1) is 6.42 Å². The molecule has 102 valence electrons. The minimum Gasteiger partial charge on any atom is -0.481 e. The molecule has 6 heteroatoms. The molecule has 1 aromatic heterocycles. The number of carbonyl (C=O) groups excluding carboxylic acids is 1. The molecule has 0 spiro atoms. The zero-order valence-corrected chi connectivity index (χ0v) is 10.4. The van der Waals surface area contributed by atoms with Crippen LogP contribution in [0.25, 0.3) is 0 Å². The van der Waals surface area contributed by atoms with Gasteiger partial charge in [0.2, 0.25) is 5.88 Å². The van der Waals surface area contributed by atoms with Crippen molar-refractivity contribution in [1.82, 2.24) is 4.98 Å². The fourth-order valence-electron chi connectivity index (χ4n) is 1.68. The molecule has 0 aliphatic heterocycles. The topological polar surface area (TPSA) is 103 Å². The monoisotopic (exact) mass is 272 g/mol. The molecule has 0 bridgehead atoms. The van der Waals surface area contributed by atoms with Crippen molar-refractivity contribution in [3.05, 3.63) is 53.7 Å². The van der Waals surface area contributed by atoms with E-state index >= 15 is 0 Å². The van der Waals surface area contributed by atoms with E-state index in [-0.39, 0.29) is 17.9 Å². The maximum absolute atomic E-state index is 11.3. The Morgan fingerprint density at radius 1 is 1.20 bits per heavy atom. The second kappa shape index (κ2) is 5.83. The minimum atomic E-state index is -0.975. The molecule has 1 aromatic carbocycles. The Bertz CT molecular complexity index is 655. The Balaban J connectivity index is 2.35. The molecule has 2 rings (SSSR count). The minimum absolute atomic E-state index is 0.0536. The van der Waals surface area contributed by atoms with Crippen LogP contribution in [0, 0.1) is 0 Å². The molecule has 0 saturated carbocycles. The average molecular weight is 272 g/mol. The van der Waals surface area contributed by atoms with E-state index in [0.29, 0.717) is 11.3 Å². The van der Waals surface area contributed by atoms with Crippen molar-refractivity contribution in [2.45, 2.75) is 6.42 Å². The number of carboxylic acid groups (broad SMARTS) is 1. The van der Waals surface area contributed by atoms with Gasteiger partial charge in [-0.25, -0.2) is 4.98 Å². The van der Waals surface area contributed by atoms with E-state index in [2.05, 4.69) is 4.98 Å². The largest absolute Gasteiger partial charge is 0.481 e. The lowest BCUT2D eigenvalue weighted by molar-refractivity contribution is -0.136. The highest BCUT2D eigenvalue weighted by atomic mass is 16.5. The summed E-state index contributed by atoms with van der Waals surface area (Å²) < 4.78 is 5.53. The number of ether oxygens (including phenoxy) is 1. The van der Waals surface area contributed by atoms with E-state index in [4.69, 9.17) is 15.6 Å². The van der Waals surface area contributed by atoms with Crippen LogP contribution in [0.2, 0.25) is 0 Å². The summed E-state index contributed by atoms with van der Waals surface area (Å²) in [5.74, 6) is -1.25. The fraction of sp³-hybridized carbons (Fsp3) is 0.0714. The molecule has 0 atom stereocenters. The second-order valence-corrected chi connectivity index (χ2v) is 4.00. The molecule has 0 radical (unpaired) electrons. The number of hydrogen-bond donors (Lipinski definition) is 2. The zero-order valence-electron chi connectivity index (χ0n) is 10.4. The SMILES string of the molecule is NC(=O)c1cccnc1Oc1ccccc1CC(=O)O. The first-order valence-electron chi connectivity index (χ1n) is 5.80. The van der Waals surface area contributed by atoms with Gasteiger partial charge in [-0.1, -0.05) is 18.2 Å². The van der Waals surface area contributed by atoms with Gasteiger partial charge in [-0.2, -0.15) is 0 Å². The van der Waals surface area contributed by atoms with Gasteiger partial charge in [0, 0.05) is 11.8 Å². The standard InChI is InChI=1S/C14H12N2O4/c15-13(19)10-5-3-7-16-14(10)20-11-6-2-1-4-9(11)8-12(17)18/h1-7H,8H2,(H2,15,19)(H,17,18). The predicted octanol–water partition coefficient (Wildman–Crippen LogP) is 1.60. The summed E-state index contributed by atoms with van der Waals surface area (Å²) in [6.07, 6.45) is 1.27. The molecule has 0 unspecified atom stereocenters. The third-order valence-corrected chi connectivity index (χ3v) is 2.56. The van der Waals surface area contributed by atoms with Crippen LogP contribution in [0.1, 0.15) is 15.9 Å². The van der Waals surface area contributed by atoms with Crippen LogP contribution in [0.15, 0.2) is 42.6 Å². The Morgan fingerprint density at radius 3 is 2.65 bits per heavy atom.